The summed E-state index contributed by atoms with van der Waals surface area (Å²) >= 11 is 0. The number of rotatable bonds is 6. The second-order valence-electron chi connectivity index (χ2n) is 5.00. The first-order valence-corrected chi connectivity index (χ1v) is 5.72. The Labute approximate surface area is 89.4 Å². The number of hydrogen-bond acceptors (Lipinski definition) is 2. The van der Waals surface area contributed by atoms with Gasteiger partial charge < -0.3 is 10.1 Å². The molecule has 2 heteroatoms. The van der Waals surface area contributed by atoms with Gasteiger partial charge in [0.15, 0.2) is 0 Å². The molecule has 86 valence electrons. The predicted molar refractivity (Wildman–Crippen MR) is 62.6 cm³/mol. The van der Waals surface area contributed by atoms with Gasteiger partial charge in [-0.1, -0.05) is 13.3 Å². The summed E-state index contributed by atoms with van der Waals surface area (Å²) in [7, 11) is 2.03. The zero-order chi connectivity index (χ0) is 11.2. The topological polar surface area (TPSA) is 21.3 Å². The minimum Gasteiger partial charge on any atom is -0.376 e. The van der Waals surface area contributed by atoms with E-state index in [4.69, 9.17) is 4.74 Å². The van der Waals surface area contributed by atoms with E-state index in [9.17, 15) is 0 Å². The van der Waals surface area contributed by atoms with Crippen LogP contribution in [-0.4, -0.2) is 25.3 Å². The molecule has 14 heavy (non-hydrogen) atoms. The van der Waals surface area contributed by atoms with Gasteiger partial charge in [0.05, 0.1) is 5.60 Å². The van der Waals surface area contributed by atoms with Crippen molar-refractivity contribution in [3.8, 4) is 0 Å². The Morgan fingerprint density at radius 1 is 1.29 bits per heavy atom. The summed E-state index contributed by atoms with van der Waals surface area (Å²) in [6.07, 6.45) is 2.37. The second kappa shape index (κ2) is 6.41. The third kappa shape index (κ3) is 6.39. The monoisotopic (exact) mass is 201 g/mol. The molecule has 0 amide bonds. The second-order valence-corrected chi connectivity index (χ2v) is 5.00. The Hall–Kier alpha value is -0.0800. The summed E-state index contributed by atoms with van der Waals surface area (Å²) in [5, 5.41) is 3.31. The van der Waals surface area contributed by atoms with Crippen molar-refractivity contribution >= 4 is 0 Å². The summed E-state index contributed by atoms with van der Waals surface area (Å²) in [5.74, 6) is 0.724. The van der Waals surface area contributed by atoms with Crippen LogP contribution in [0.2, 0.25) is 0 Å². The van der Waals surface area contributed by atoms with E-state index >= 15 is 0 Å². The van der Waals surface area contributed by atoms with Gasteiger partial charge in [0.1, 0.15) is 0 Å². The van der Waals surface area contributed by atoms with Crippen LogP contribution in [0.15, 0.2) is 0 Å². The highest BCUT2D eigenvalue weighted by atomic mass is 16.5. The van der Waals surface area contributed by atoms with E-state index in [1.807, 2.05) is 7.05 Å². The van der Waals surface area contributed by atoms with Gasteiger partial charge >= 0.3 is 0 Å². The first-order valence-electron chi connectivity index (χ1n) is 5.72. The molecule has 0 aliphatic carbocycles. The van der Waals surface area contributed by atoms with E-state index < -0.39 is 0 Å². The molecular formula is C12H27NO. The Kier molecular flexibility index (Phi) is 6.38. The summed E-state index contributed by atoms with van der Waals surface area (Å²) in [6.45, 7) is 11.7. The summed E-state index contributed by atoms with van der Waals surface area (Å²) < 4.78 is 5.73. The van der Waals surface area contributed by atoms with E-state index in [1.165, 1.54) is 6.42 Å². The fraction of sp³-hybridized carbons (Fsp3) is 1.00. The lowest BCUT2D eigenvalue weighted by atomic mass is 9.95. The standard InChI is InChI=1S/C12H27NO/c1-7-11(10(2)13-6)8-9-14-12(3,4)5/h10-11,13H,7-9H2,1-6H3. The van der Waals surface area contributed by atoms with E-state index in [2.05, 4.69) is 39.9 Å². The average Bonchev–Trinajstić information content (AvgIpc) is 2.09. The molecule has 0 aromatic carbocycles. The highest BCUT2D eigenvalue weighted by molar-refractivity contribution is 4.70. The molecule has 2 atom stereocenters. The molecule has 0 fully saturated rings. The maximum atomic E-state index is 5.73. The fourth-order valence-corrected chi connectivity index (χ4v) is 1.56. The first kappa shape index (κ1) is 13.9. The molecule has 0 spiro atoms. The lowest BCUT2D eigenvalue weighted by molar-refractivity contribution is -0.0109. The molecule has 0 aliphatic rings. The van der Waals surface area contributed by atoms with Crippen LogP contribution in [0.4, 0.5) is 0 Å². The highest BCUT2D eigenvalue weighted by Gasteiger charge is 2.15. The summed E-state index contributed by atoms with van der Waals surface area (Å²) in [4.78, 5) is 0. The molecule has 0 aromatic heterocycles. The Bertz CT molecular complexity index is 140. The van der Waals surface area contributed by atoms with Gasteiger partial charge in [-0.15, -0.1) is 0 Å². The minimum atomic E-state index is 0.00116. The fourth-order valence-electron chi connectivity index (χ4n) is 1.56. The van der Waals surface area contributed by atoms with Crippen LogP contribution >= 0.6 is 0 Å². The smallest absolute Gasteiger partial charge is 0.0598 e. The van der Waals surface area contributed by atoms with Gasteiger partial charge in [0.2, 0.25) is 0 Å². The highest BCUT2D eigenvalue weighted by Crippen LogP contribution is 2.15. The van der Waals surface area contributed by atoms with Crippen LogP contribution in [0.5, 0.6) is 0 Å². The quantitative estimate of drug-likeness (QED) is 0.713. The Morgan fingerprint density at radius 2 is 1.86 bits per heavy atom. The van der Waals surface area contributed by atoms with E-state index in [1.54, 1.807) is 0 Å². The molecule has 0 saturated heterocycles. The number of hydrogen-bond donors (Lipinski definition) is 1. The van der Waals surface area contributed by atoms with Crippen LogP contribution in [0.1, 0.15) is 47.5 Å². The number of ether oxygens (including phenoxy) is 1. The van der Waals surface area contributed by atoms with Crippen molar-refractivity contribution in [1.82, 2.24) is 5.32 Å². The molecule has 0 radical (unpaired) electrons. The molecular weight excluding hydrogens is 174 g/mol. The molecule has 2 unspecified atom stereocenters. The van der Waals surface area contributed by atoms with Crippen molar-refractivity contribution < 1.29 is 4.74 Å². The van der Waals surface area contributed by atoms with Crippen molar-refractivity contribution in [2.24, 2.45) is 5.92 Å². The van der Waals surface area contributed by atoms with Crippen molar-refractivity contribution in [3.05, 3.63) is 0 Å². The molecule has 0 aromatic rings. The van der Waals surface area contributed by atoms with Crippen LogP contribution in [0.25, 0.3) is 0 Å². The molecule has 1 N–H and O–H groups in total. The van der Waals surface area contributed by atoms with Crippen molar-refractivity contribution in [1.29, 1.82) is 0 Å². The summed E-state index contributed by atoms with van der Waals surface area (Å²) in [6, 6.07) is 0.587. The van der Waals surface area contributed by atoms with Gasteiger partial charge in [0.25, 0.3) is 0 Å². The van der Waals surface area contributed by atoms with Gasteiger partial charge in [-0.3, -0.25) is 0 Å². The minimum absolute atomic E-state index is 0.00116. The molecule has 0 rings (SSSR count). The molecule has 0 saturated carbocycles. The molecule has 0 aliphatic heterocycles. The lowest BCUT2D eigenvalue weighted by Crippen LogP contribution is -2.31. The van der Waals surface area contributed by atoms with E-state index in [0.29, 0.717) is 6.04 Å². The van der Waals surface area contributed by atoms with E-state index in [-0.39, 0.29) is 5.60 Å². The zero-order valence-electron chi connectivity index (χ0n) is 10.7. The Morgan fingerprint density at radius 3 is 2.21 bits per heavy atom. The van der Waals surface area contributed by atoms with Crippen LogP contribution < -0.4 is 5.32 Å². The largest absolute Gasteiger partial charge is 0.376 e. The lowest BCUT2D eigenvalue weighted by Gasteiger charge is -2.25. The van der Waals surface area contributed by atoms with Gasteiger partial charge in [-0.05, 0) is 47.1 Å². The first-order chi connectivity index (χ1) is 6.40. The van der Waals surface area contributed by atoms with Gasteiger partial charge in [0, 0.05) is 12.6 Å². The Balaban J connectivity index is 3.74. The molecule has 2 nitrogen and oxygen atoms in total. The SMILES string of the molecule is CCC(CCOC(C)(C)C)C(C)NC. The van der Waals surface area contributed by atoms with Crippen LogP contribution in [-0.2, 0) is 4.74 Å². The molecule has 0 heterocycles. The third-order valence-corrected chi connectivity index (χ3v) is 2.71. The average molecular weight is 201 g/mol. The van der Waals surface area contributed by atoms with Crippen LogP contribution in [0.3, 0.4) is 0 Å². The zero-order valence-corrected chi connectivity index (χ0v) is 10.7. The number of nitrogens with one attached hydrogen (secondary N) is 1. The van der Waals surface area contributed by atoms with E-state index in [0.717, 1.165) is 18.9 Å². The third-order valence-electron chi connectivity index (χ3n) is 2.71. The maximum Gasteiger partial charge on any atom is 0.0598 e. The predicted octanol–water partition coefficient (Wildman–Crippen LogP) is 2.83. The van der Waals surface area contributed by atoms with Crippen molar-refractivity contribution in [3.63, 3.8) is 0 Å². The van der Waals surface area contributed by atoms with Crippen molar-refractivity contribution in [2.75, 3.05) is 13.7 Å². The maximum absolute atomic E-state index is 5.73. The summed E-state index contributed by atoms with van der Waals surface area (Å²) in [5.41, 5.74) is 0.00116. The van der Waals surface area contributed by atoms with Crippen molar-refractivity contribution in [2.45, 2.75) is 59.1 Å². The van der Waals surface area contributed by atoms with Gasteiger partial charge in [-0.25, -0.2) is 0 Å². The normalized spacial score (nSPS) is 16.7. The van der Waals surface area contributed by atoms with Gasteiger partial charge in [-0.2, -0.15) is 0 Å². The molecule has 0 bridgehead atoms. The van der Waals surface area contributed by atoms with Crippen LogP contribution in [0, 0.1) is 5.92 Å².